The number of nitrogens with zero attached hydrogens (tertiary/aromatic N) is 4. The van der Waals surface area contributed by atoms with Crippen LogP contribution in [0.1, 0.15) is 53.3 Å². The van der Waals surface area contributed by atoms with Crippen LogP contribution in [0.15, 0.2) is 16.8 Å². The first-order valence-corrected chi connectivity index (χ1v) is 7.39. The van der Waals surface area contributed by atoms with Gasteiger partial charge in [0.25, 0.3) is 5.91 Å². The van der Waals surface area contributed by atoms with E-state index in [-0.39, 0.29) is 11.9 Å². The summed E-state index contributed by atoms with van der Waals surface area (Å²) in [7, 11) is 0. The predicted molar refractivity (Wildman–Crippen MR) is 76.9 cm³/mol. The molecule has 0 unspecified atom stereocenters. The minimum Gasteiger partial charge on any atom is -0.361 e. The third-order valence-electron chi connectivity index (χ3n) is 4.12. The second kappa shape index (κ2) is 5.35. The SMILES string of the molecule is CCn1ccc(C(=O)N2CCC[C@@H]2c2c(C)noc2C)n1. The second-order valence-electron chi connectivity index (χ2n) is 5.45. The number of likely N-dealkylation sites (tertiary alicyclic amines) is 1. The average Bonchev–Trinajstić information content (AvgIpc) is 3.18. The molecule has 6 nitrogen and oxygen atoms in total. The zero-order valence-corrected chi connectivity index (χ0v) is 12.7. The third kappa shape index (κ3) is 2.34. The Balaban J connectivity index is 1.89. The molecule has 0 spiro atoms. The van der Waals surface area contributed by atoms with Crippen LogP contribution in [0.2, 0.25) is 0 Å². The molecule has 1 saturated heterocycles. The van der Waals surface area contributed by atoms with Gasteiger partial charge in [-0.15, -0.1) is 0 Å². The number of amides is 1. The standard InChI is InChI=1S/C15H20N4O2/c1-4-18-9-7-12(16-18)15(20)19-8-5-6-13(19)14-10(2)17-21-11(14)3/h7,9,13H,4-6,8H2,1-3H3/t13-/m1/s1. The van der Waals surface area contributed by atoms with Gasteiger partial charge in [0.15, 0.2) is 0 Å². The van der Waals surface area contributed by atoms with Crippen LogP contribution in [-0.2, 0) is 6.54 Å². The fourth-order valence-corrected chi connectivity index (χ4v) is 3.07. The van der Waals surface area contributed by atoms with Gasteiger partial charge in [0.1, 0.15) is 11.5 Å². The molecule has 1 atom stereocenters. The highest BCUT2D eigenvalue weighted by Crippen LogP contribution is 2.36. The van der Waals surface area contributed by atoms with Crippen LogP contribution < -0.4 is 0 Å². The van der Waals surface area contributed by atoms with Gasteiger partial charge in [0.05, 0.1) is 11.7 Å². The van der Waals surface area contributed by atoms with Crippen molar-refractivity contribution in [1.82, 2.24) is 19.8 Å². The van der Waals surface area contributed by atoms with E-state index in [2.05, 4.69) is 10.3 Å². The first-order valence-electron chi connectivity index (χ1n) is 7.39. The number of carbonyl (C=O) groups is 1. The molecule has 21 heavy (non-hydrogen) atoms. The van der Waals surface area contributed by atoms with E-state index in [1.807, 2.05) is 31.9 Å². The maximum Gasteiger partial charge on any atom is 0.274 e. The third-order valence-corrected chi connectivity index (χ3v) is 4.12. The summed E-state index contributed by atoms with van der Waals surface area (Å²) in [6, 6.07) is 1.84. The minimum absolute atomic E-state index is 0.00954. The Bertz CT molecular complexity index is 639. The molecule has 3 heterocycles. The summed E-state index contributed by atoms with van der Waals surface area (Å²) < 4.78 is 7.03. The van der Waals surface area contributed by atoms with Crippen molar-refractivity contribution in [2.45, 2.75) is 46.2 Å². The molecule has 6 heteroatoms. The smallest absolute Gasteiger partial charge is 0.274 e. The van der Waals surface area contributed by atoms with Crippen LogP contribution in [0.25, 0.3) is 0 Å². The first-order chi connectivity index (χ1) is 10.1. The average molecular weight is 288 g/mol. The van der Waals surface area contributed by atoms with E-state index in [9.17, 15) is 4.79 Å². The molecule has 1 amide bonds. The van der Waals surface area contributed by atoms with Gasteiger partial charge in [0, 0.05) is 24.8 Å². The van der Waals surface area contributed by atoms with Crippen LogP contribution in [0, 0.1) is 13.8 Å². The molecule has 0 saturated carbocycles. The van der Waals surface area contributed by atoms with E-state index >= 15 is 0 Å². The summed E-state index contributed by atoms with van der Waals surface area (Å²) in [5.41, 5.74) is 2.43. The number of hydrogen-bond acceptors (Lipinski definition) is 4. The Labute approximate surface area is 123 Å². The number of rotatable bonds is 3. The summed E-state index contributed by atoms with van der Waals surface area (Å²) in [5, 5.41) is 8.33. The zero-order chi connectivity index (χ0) is 15.0. The van der Waals surface area contributed by atoms with Gasteiger partial charge in [0.2, 0.25) is 0 Å². The maximum absolute atomic E-state index is 12.7. The van der Waals surface area contributed by atoms with E-state index in [1.165, 1.54) is 0 Å². The summed E-state index contributed by atoms with van der Waals surface area (Å²) in [6.45, 7) is 7.36. The fourth-order valence-electron chi connectivity index (χ4n) is 3.07. The van der Waals surface area contributed by atoms with Gasteiger partial charge in [-0.1, -0.05) is 5.16 Å². The summed E-state index contributed by atoms with van der Waals surface area (Å²) in [4.78, 5) is 14.6. The largest absolute Gasteiger partial charge is 0.361 e. The summed E-state index contributed by atoms with van der Waals surface area (Å²) in [5.74, 6) is 0.793. The molecule has 0 bridgehead atoms. The van der Waals surface area contributed by atoms with E-state index < -0.39 is 0 Å². The van der Waals surface area contributed by atoms with Crippen LogP contribution in [0.3, 0.4) is 0 Å². The van der Waals surface area contributed by atoms with E-state index in [0.717, 1.165) is 42.9 Å². The number of aromatic nitrogens is 3. The topological polar surface area (TPSA) is 64.2 Å². The number of hydrogen-bond donors (Lipinski definition) is 0. The Morgan fingerprint density at radius 2 is 2.29 bits per heavy atom. The van der Waals surface area contributed by atoms with Crippen LogP contribution in [0.4, 0.5) is 0 Å². The lowest BCUT2D eigenvalue weighted by Crippen LogP contribution is -2.31. The Morgan fingerprint density at radius 3 is 2.90 bits per heavy atom. The molecule has 0 aromatic carbocycles. The van der Waals surface area contributed by atoms with Crippen molar-refractivity contribution < 1.29 is 9.32 Å². The van der Waals surface area contributed by atoms with Crippen molar-refractivity contribution >= 4 is 5.91 Å². The van der Waals surface area contributed by atoms with Crippen molar-refractivity contribution in [3.05, 3.63) is 35.0 Å². The highest BCUT2D eigenvalue weighted by molar-refractivity contribution is 5.92. The van der Waals surface area contributed by atoms with Gasteiger partial charge >= 0.3 is 0 Å². The molecular formula is C15H20N4O2. The fraction of sp³-hybridized carbons (Fsp3) is 0.533. The molecule has 1 aliphatic heterocycles. The number of carbonyl (C=O) groups excluding carboxylic acids is 1. The lowest BCUT2D eigenvalue weighted by Gasteiger charge is -2.23. The lowest BCUT2D eigenvalue weighted by atomic mass is 10.0. The molecule has 0 N–H and O–H groups in total. The molecule has 0 radical (unpaired) electrons. The van der Waals surface area contributed by atoms with Crippen molar-refractivity contribution in [3.63, 3.8) is 0 Å². The van der Waals surface area contributed by atoms with Crippen molar-refractivity contribution in [1.29, 1.82) is 0 Å². The zero-order valence-electron chi connectivity index (χ0n) is 12.7. The molecule has 1 aliphatic rings. The summed E-state index contributed by atoms with van der Waals surface area (Å²) in [6.07, 6.45) is 3.78. The highest BCUT2D eigenvalue weighted by Gasteiger charge is 2.34. The molecular weight excluding hydrogens is 268 g/mol. The minimum atomic E-state index is -0.00954. The first kappa shape index (κ1) is 13.9. The molecule has 2 aromatic heterocycles. The quantitative estimate of drug-likeness (QED) is 0.870. The van der Waals surface area contributed by atoms with Gasteiger partial charge in [-0.05, 0) is 39.7 Å². The molecule has 112 valence electrons. The molecule has 2 aromatic rings. The van der Waals surface area contributed by atoms with Gasteiger partial charge in [-0.2, -0.15) is 5.10 Å². The predicted octanol–water partition coefficient (Wildman–Crippen LogP) is 2.49. The van der Waals surface area contributed by atoms with Crippen molar-refractivity contribution in [2.75, 3.05) is 6.54 Å². The highest BCUT2D eigenvalue weighted by atomic mass is 16.5. The van der Waals surface area contributed by atoms with Crippen LogP contribution >= 0.6 is 0 Å². The van der Waals surface area contributed by atoms with Crippen molar-refractivity contribution in [3.8, 4) is 0 Å². The Kier molecular flexibility index (Phi) is 3.53. The summed E-state index contributed by atoms with van der Waals surface area (Å²) >= 11 is 0. The number of aryl methyl sites for hydroxylation is 3. The molecule has 3 rings (SSSR count). The van der Waals surface area contributed by atoms with E-state index in [4.69, 9.17) is 4.52 Å². The van der Waals surface area contributed by atoms with E-state index in [0.29, 0.717) is 5.69 Å². The normalized spacial score (nSPS) is 18.4. The lowest BCUT2D eigenvalue weighted by molar-refractivity contribution is 0.0727. The van der Waals surface area contributed by atoms with Gasteiger partial charge in [-0.25, -0.2) is 0 Å². The Hall–Kier alpha value is -2.11. The van der Waals surface area contributed by atoms with Crippen LogP contribution in [0.5, 0.6) is 0 Å². The Morgan fingerprint density at radius 1 is 1.48 bits per heavy atom. The second-order valence-corrected chi connectivity index (χ2v) is 5.45. The van der Waals surface area contributed by atoms with E-state index in [1.54, 1.807) is 10.7 Å². The van der Waals surface area contributed by atoms with Crippen molar-refractivity contribution in [2.24, 2.45) is 0 Å². The molecule has 1 fully saturated rings. The maximum atomic E-state index is 12.7. The van der Waals surface area contributed by atoms with Gasteiger partial charge in [-0.3, -0.25) is 9.48 Å². The molecule has 0 aliphatic carbocycles. The monoisotopic (exact) mass is 288 g/mol. The van der Waals surface area contributed by atoms with Gasteiger partial charge < -0.3 is 9.42 Å². The van der Waals surface area contributed by atoms with Crippen LogP contribution in [-0.4, -0.2) is 32.3 Å².